The monoisotopic (exact) mass is 279 g/mol. The molecule has 0 aliphatic rings. The first-order chi connectivity index (χ1) is 9.45. The van der Waals surface area contributed by atoms with Crippen molar-refractivity contribution in [1.29, 1.82) is 0 Å². The summed E-state index contributed by atoms with van der Waals surface area (Å²) in [5.74, 6) is -1.34. The second kappa shape index (κ2) is 5.81. The van der Waals surface area contributed by atoms with Crippen LogP contribution in [0.4, 0.5) is 14.5 Å². The molecule has 0 amide bonds. The maximum atomic E-state index is 13.5. The Morgan fingerprint density at radius 2 is 2.05 bits per heavy atom. The molecule has 0 unspecified atom stereocenters. The number of hydrogen-bond donors (Lipinski definition) is 1. The molecular weight excluding hydrogens is 264 g/mol. The lowest BCUT2D eigenvalue weighted by Gasteiger charge is -2.10. The van der Waals surface area contributed by atoms with Crippen molar-refractivity contribution in [3.8, 4) is 0 Å². The maximum Gasteiger partial charge on any atom is 0.269 e. The summed E-state index contributed by atoms with van der Waals surface area (Å²) in [6.07, 6.45) is 1.50. The summed E-state index contributed by atoms with van der Waals surface area (Å²) in [5, 5.41) is 7.03. The summed E-state index contributed by atoms with van der Waals surface area (Å²) in [6.45, 7) is 3.85. The third-order valence-corrected chi connectivity index (χ3v) is 2.66. The Hall–Kier alpha value is -2.24. The fourth-order valence-corrected chi connectivity index (χ4v) is 1.78. The molecule has 1 N–H and O–H groups in total. The van der Waals surface area contributed by atoms with Gasteiger partial charge in [-0.3, -0.25) is 4.79 Å². The van der Waals surface area contributed by atoms with E-state index in [1.54, 1.807) is 0 Å². The van der Waals surface area contributed by atoms with Crippen LogP contribution in [-0.4, -0.2) is 15.8 Å². The molecule has 0 aliphatic carbocycles. The van der Waals surface area contributed by atoms with E-state index in [0.717, 1.165) is 16.8 Å². The highest BCUT2D eigenvalue weighted by atomic mass is 19.1. The standard InChI is InChI=1S/C14H15F2N3O/c1-9(2)18-12-6-14(20)19(17-7-12)8-10-3-4-11(15)5-13(10)16/h3-7,9,18H,8H2,1-2H3. The summed E-state index contributed by atoms with van der Waals surface area (Å²) >= 11 is 0. The lowest BCUT2D eigenvalue weighted by Crippen LogP contribution is -2.24. The lowest BCUT2D eigenvalue weighted by molar-refractivity contribution is 0.551. The van der Waals surface area contributed by atoms with Crippen LogP contribution < -0.4 is 10.9 Å². The molecule has 0 saturated heterocycles. The van der Waals surface area contributed by atoms with E-state index < -0.39 is 11.6 Å². The molecule has 1 heterocycles. The molecule has 1 aromatic carbocycles. The zero-order chi connectivity index (χ0) is 14.7. The molecule has 0 atom stereocenters. The van der Waals surface area contributed by atoms with E-state index in [1.165, 1.54) is 18.3 Å². The van der Waals surface area contributed by atoms with Crippen molar-refractivity contribution in [2.24, 2.45) is 0 Å². The average molecular weight is 279 g/mol. The number of nitrogens with one attached hydrogen (secondary N) is 1. The van der Waals surface area contributed by atoms with E-state index in [-0.39, 0.29) is 23.7 Å². The van der Waals surface area contributed by atoms with Crippen molar-refractivity contribution in [1.82, 2.24) is 9.78 Å². The lowest BCUT2D eigenvalue weighted by atomic mass is 10.2. The van der Waals surface area contributed by atoms with Crippen molar-refractivity contribution < 1.29 is 8.78 Å². The van der Waals surface area contributed by atoms with Crippen molar-refractivity contribution in [2.75, 3.05) is 5.32 Å². The van der Waals surface area contributed by atoms with Crippen molar-refractivity contribution in [3.63, 3.8) is 0 Å². The van der Waals surface area contributed by atoms with Gasteiger partial charge < -0.3 is 5.32 Å². The molecule has 1 aromatic heterocycles. The number of aromatic nitrogens is 2. The predicted molar refractivity (Wildman–Crippen MR) is 72.7 cm³/mol. The molecule has 20 heavy (non-hydrogen) atoms. The Morgan fingerprint density at radius 1 is 1.30 bits per heavy atom. The van der Waals surface area contributed by atoms with E-state index in [4.69, 9.17) is 0 Å². The van der Waals surface area contributed by atoms with Crippen LogP contribution in [0.25, 0.3) is 0 Å². The fraction of sp³-hybridized carbons (Fsp3) is 0.286. The Bertz CT molecular complexity index is 668. The van der Waals surface area contributed by atoms with Crippen LogP contribution in [0.2, 0.25) is 0 Å². The van der Waals surface area contributed by atoms with Gasteiger partial charge in [0.15, 0.2) is 0 Å². The van der Waals surface area contributed by atoms with Gasteiger partial charge in [-0.2, -0.15) is 5.10 Å². The van der Waals surface area contributed by atoms with Crippen molar-refractivity contribution in [3.05, 3.63) is 58.0 Å². The molecule has 0 saturated carbocycles. The van der Waals surface area contributed by atoms with Crippen molar-refractivity contribution >= 4 is 5.69 Å². The SMILES string of the molecule is CC(C)Nc1cnn(Cc2ccc(F)cc2F)c(=O)c1. The second-order valence-electron chi connectivity index (χ2n) is 4.77. The molecule has 0 bridgehead atoms. The summed E-state index contributed by atoms with van der Waals surface area (Å²) in [5.41, 5.74) is 0.478. The van der Waals surface area contributed by atoms with Crippen LogP contribution in [0.3, 0.4) is 0 Å². The zero-order valence-electron chi connectivity index (χ0n) is 11.2. The fourth-order valence-electron chi connectivity index (χ4n) is 1.78. The number of nitrogens with zero attached hydrogens (tertiary/aromatic N) is 2. The van der Waals surface area contributed by atoms with E-state index in [9.17, 15) is 13.6 Å². The van der Waals surface area contributed by atoms with Gasteiger partial charge in [0.2, 0.25) is 0 Å². The first kappa shape index (κ1) is 14.2. The second-order valence-corrected chi connectivity index (χ2v) is 4.77. The molecule has 0 fully saturated rings. The van der Waals surface area contributed by atoms with E-state index in [0.29, 0.717) is 5.69 Å². The van der Waals surface area contributed by atoms with Gasteiger partial charge in [-0.25, -0.2) is 13.5 Å². The van der Waals surface area contributed by atoms with Gasteiger partial charge in [-0.05, 0) is 19.9 Å². The molecule has 0 aliphatic heterocycles. The minimum atomic E-state index is -0.692. The molecule has 0 radical (unpaired) electrons. The quantitative estimate of drug-likeness (QED) is 0.934. The topological polar surface area (TPSA) is 46.9 Å². The highest BCUT2D eigenvalue weighted by Gasteiger charge is 2.07. The smallest absolute Gasteiger partial charge is 0.269 e. The van der Waals surface area contributed by atoms with Crippen LogP contribution in [-0.2, 0) is 6.54 Å². The minimum absolute atomic E-state index is 0.0348. The molecule has 106 valence electrons. The number of hydrogen-bond acceptors (Lipinski definition) is 3. The van der Waals surface area contributed by atoms with Crippen molar-refractivity contribution in [2.45, 2.75) is 26.4 Å². The van der Waals surface area contributed by atoms with E-state index >= 15 is 0 Å². The predicted octanol–water partition coefficient (Wildman–Crippen LogP) is 2.39. The van der Waals surface area contributed by atoms with Crippen LogP contribution in [0, 0.1) is 11.6 Å². The number of anilines is 1. The normalized spacial score (nSPS) is 10.8. The van der Waals surface area contributed by atoms with Gasteiger partial charge in [-0.1, -0.05) is 6.07 Å². The summed E-state index contributed by atoms with van der Waals surface area (Å²) < 4.78 is 27.5. The summed E-state index contributed by atoms with van der Waals surface area (Å²) in [7, 11) is 0. The average Bonchev–Trinajstić information content (AvgIpc) is 2.34. The van der Waals surface area contributed by atoms with Gasteiger partial charge in [0, 0.05) is 23.7 Å². The van der Waals surface area contributed by atoms with Gasteiger partial charge in [0.05, 0.1) is 18.4 Å². The Kier molecular flexibility index (Phi) is 4.12. The Morgan fingerprint density at radius 3 is 2.65 bits per heavy atom. The van der Waals surface area contributed by atoms with Gasteiger partial charge >= 0.3 is 0 Å². The van der Waals surface area contributed by atoms with Gasteiger partial charge in [0.25, 0.3) is 5.56 Å². The van der Waals surface area contributed by atoms with Gasteiger partial charge in [0.1, 0.15) is 11.6 Å². The summed E-state index contributed by atoms with van der Waals surface area (Å²) in [6, 6.07) is 4.82. The molecule has 4 nitrogen and oxygen atoms in total. The molecular formula is C14H15F2N3O. The third kappa shape index (κ3) is 3.40. The Balaban J connectivity index is 2.23. The molecule has 6 heteroatoms. The molecule has 0 spiro atoms. The third-order valence-electron chi connectivity index (χ3n) is 2.66. The number of rotatable bonds is 4. The van der Waals surface area contributed by atoms with E-state index in [2.05, 4.69) is 10.4 Å². The van der Waals surface area contributed by atoms with E-state index in [1.807, 2.05) is 13.8 Å². The number of benzene rings is 1. The summed E-state index contributed by atoms with van der Waals surface area (Å²) in [4.78, 5) is 11.9. The first-order valence-electron chi connectivity index (χ1n) is 6.23. The number of halogens is 2. The highest BCUT2D eigenvalue weighted by molar-refractivity contribution is 5.39. The molecule has 2 rings (SSSR count). The largest absolute Gasteiger partial charge is 0.381 e. The highest BCUT2D eigenvalue weighted by Crippen LogP contribution is 2.10. The maximum absolute atomic E-state index is 13.5. The van der Waals surface area contributed by atoms with Crippen LogP contribution in [0.1, 0.15) is 19.4 Å². The van der Waals surface area contributed by atoms with Crippen LogP contribution in [0.5, 0.6) is 0 Å². The van der Waals surface area contributed by atoms with Crippen LogP contribution >= 0.6 is 0 Å². The molecule has 2 aromatic rings. The van der Waals surface area contributed by atoms with Gasteiger partial charge in [-0.15, -0.1) is 0 Å². The minimum Gasteiger partial charge on any atom is -0.381 e. The van der Waals surface area contributed by atoms with Crippen LogP contribution in [0.15, 0.2) is 35.3 Å². The first-order valence-corrected chi connectivity index (χ1v) is 6.23. The zero-order valence-corrected chi connectivity index (χ0v) is 11.2. The Labute approximate surface area is 115 Å².